The van der Waals surface area contributed by atoms with E-state index in [1.807, 2.05) is 6.07 Å². The molecule has 2 aromatic rings. The zero-order chi connectivity index (χ0) is 21.0. The van der Waals surface area contributed by atoms with Gasteiger partial charge in [0.2, 0.25) is 0 Å². The first-order chi connectivity index (χ1) is 14.0. The van der Waals surface area contributed by atoms with E-state index in [0.717, 1.165) is 5.52 Å². The van der Waals surface area contributed by atoms with Gasteiger partial charge in [0.25, 0.3) is 5.91 Å². The Balaban J connectivity index is 1.68. The minimum Gasteiger partial charge on any atom is -0.550 e. The van der Waals surface area contributed by atoms with Crippen LogP contribution in [0.3, 0.4) is 0 Å². The summed E-state index contributed by atoms with van der Waals surface area (Å²) in [7, 11) is 3.06. The highest BCUT2D eigenvalue weighted by Crippen LogP contribution is 2.37. The molecule has 2 N–H and O–H groups in total. The van der Waals surface area contributed by atoms with Crippen molar-refractivity contribution >= 4 is 28.8 Å². The maximum Gasteiger partial charge on any atom is 0.317 e. The van der Waals surface area contributed by atoms with E-state index in [-0.39, 0.29) is 24.9 Å². The summed E-state index contributed by atoms with van der Waals surface area (Å²) in [6.45, 7) is 1.45. The van der Waals surface area contributed by atoms with Crippen LogP contribution >= 0.6 is 0 Å². The first kappa shape index (κ1) is 20.3. The smallest absolute Gasteiger partial charge is 0.317 e. The van der Waals surface area contributed by atoms with Crippen molar-refractivity contribution in [3.05, 3.63) is 23.9 Å². The lowest BCUT2D eigenvalue weighted by Gasteiger charge is -2.34. The minimum absolute atomic E-state index is 0.0112. The molecule has 29 heavy (non-hydrogen) atoms. The van der Waals surface area contributed by atoms with Crippen LogP contribution in [0.2, 0.25) is 0 Å². The number of benzene rings is 1. The standard InChI is InChI=1S/C19H24N4O6/c1-28-14-4-3-13-16(17(14)29-2)12(11-21-13)18(26)22-7-9-23(10-8-22)19(27)20-6-5-15(24)25/h3-4,11,21H,5-10H2,1-2H3,(H,20,27)(H,24,25)/p-1. The maximum atomic E-state index is 13.1. The monoisotopic (exact) mass is 403 g/mol. The van der Waals surface area contributed by atoms with Crippen LogP contribution in [0.5, 0.6) is 11.5 Å². The number of carboxylic acid groups (broad SMARTS) is 1. The number of methoxy groups -OCH3 is 2. The Bertz CT molecular complexity index is 917. The molecule has 0 spiro atoms. The molecule has 1 aliphatic heterocycles. The number of carbonyl (C=O) groups is 3. The van der Waals surface area contributed by atoms with Gasteiger partial charge in [0.15, 0.2) is 11.5 Å². The van der Waals surface area contributed by atoms with Gasteiger partial charge >= 0.3 is 6.03 Å². The van der Waals surface area contributed by atoms with Crippen molar-refractivity contribution in [1.82, 2.24) is 20.1 Å². The fourth-order valence-electron chi connectivity index (χ4n) is 3.37. The summed E-state index contributed by atoms with van der Waals surface area (Å²) in [5.74, 6) is -0.362. The lowest BCUT2D eigenvalue weighted by molar-refractivity contribution is -0.305. The molecular formula is C19H23N4O6-. The predicted molar refractivity (Wildman–Crippen MR) is 102 cm³/mol. The van der Waals surface area contributed by atoms with Crippen LogP contribution in [0.15, 0.2) is 18.3 Å². The Hall–Kier alpha value is -3.43. The highest BCUT2D eigenvalue weighted by Gasteiger charge is 2.27. The van der Waals surface area contributed by atoms with E-state index < -0.39 is 5.97 Å². The Morgan fingerprint density at radius 3 is 2.41 bits per heavy atom. The minimum atomic E-state index is -1.22. The Morgan fingerprint density at radius 1 is 1.10 bits per heavy atom. The van der Waals surface area contributed by atoms with Crippen molar-refractivity contribution in [2.45, 2.75) is 6.42 Å². The predicted octanol–water partition coefficient (Wildman–Crippen LogP) is -0.207. The van der Waals surface area contributed by atoms with E-state index in [2.05, 4.69) is 10.3 Å². The van der Waals surface area contributed by atoms with Crippen LogP contribution < -0.4 is 19.9 Å². The molecule has 1 aromatic carbocycles. The van der Waals surface area contributed by atoms with Crippen LogP contribution in [0.4, 0.5) is 4.79 Å². The molecule has 156 valence electrons. The summed E-state index contributed by atoms with van der Waals surface area (Å²) in [4.78, 5) is 41.9. The number of aromatic nitrogens is 1. The first-order valence-corrected chi connectivity index (χ1v) is 9.20. The number of nitrogens with one attached hydrogen (secondary N) is 2. The van der Waals surface area contributed by atoms with Crippen molar-refractivity contribution in [3.63, 3.8) is 0 Å². The molecule has 1 saturated heterocycles. The van der Waals surface area contributed by atoms with Gasteiger partial charge in [-0.1, -0.05) is 0 Å². The van der Waals surface area contributed by atoms with E-state index in [1.165, 1.54) is 14.2 Å². The number of urea groups is 1. The largest absolute Gasteiger partial charge is 0.550 e. The molecule has 10 nitrogen and oxygen atoms in total. The topological polar surface area (TPSA) is 127 Å². The Kier molecular flexibility index (Phi) is 6.10. The van der Waals surface area contributed by atoms with Gasteiger partial charge in [-0.05, 0) is 12.1 Å². The third-order valence-corrected chi connectivity index (χ3v) is 4.88. The number of piperazine rings is 1. The Morgan fingerprint density at radius 2 is 1.79 bits per heavy atom. The number of carboxylic acids is 1. The number of amides is 3. The van der Waals surface area contributed by atoms with Crippen molar-refractivity contribution in [1.29, 1.82) is 0 Å². The van der Waals surface area contributed by atoms with Gasteiger partial charge in [0, 0.05) is 51.3 Å². The molecule has 0 aliphatic carbocycles. The number of rotatable bonds is 6. The lowest BCUT2D eigenvalue weighted by Crippen LogP contribution is -2.53. The molecule has 0 atom stereocenters. The molecule has 1 aromatic heterocycles. The second kappa shape index (κ2) is 8.72. The number of H-pyrrole nitrogens is 1. The quantitative estimate of drug-likeness (QED) is 0.687. The lowest BCUT2D eigenvalue weighted by atomic mass is 10.1. The van der Waals surface area contributed by atoms with Crippen LogP contribution in [0.25, 0.3) is 10.9 Å². The van der Waals surface area contributed by atoms with Crippen LogP contribution in [-0.4, -0.2) is 79.6 Å². The number of aliphatic carboxylic acids is 1. The van der Waals surface area contributed by atoms with Gasteiger partial charge in [-0.25, -0.2) is 4.79 Å². The molecule has 3 rings (SSSR count). The summed E-state index contributed by atoms with van der Waals surface area (Å²) < 4.78 is 10.8. The molecule has 0 bridgehead atoms. The molecular weight excluding hydrogens is 380 g/mol. The van der Waals surface area contributed by atoms with E-state index in [1.54, 1.807) is 22.1 Å². The molecule has 3 amide bonds. The summed E-state index contributed by atoms with van der Waals surface area (Å²) in [6, 6.07) is 3.24. The maximum absolute atomic E-state index is 13.1. The van der Waals surface area contributed by atoms with Crippen LogP contribution in [0.1, 0.15) is 16.8 Å². The van der Waals surface area contributed by atoms with Gasteiger partial charge in [0.1, 0.15) is 0 Å². The van der Waals surface area contributed by atoms with Gasteiger partial charge in [0.05, 0.1) is 30.7 Å². The molecule has 10 heteroatoms. The van der Waals surface area contributed by atoms with E-state index in [0.29, 0.717) is 48.6 Å². The summed E-state index contributed by atoms with van der Waals surface area (Å²) in [5, 5.41) is 13.6. The van der Waals surface area contributed by atoms with Crippen molar-refractivity contribution in [2.75, 3.05) is 46.9 Å². The third-order valence-electron chi connectivity index (χ3n) is 4.88. The number of nitrogens with zero attached hydrogens (tertiary/aromatic N) is 2. The van der Waals surface area contributed by atoms with Gasteiger partial charge in [-0.15, -0.1) is 0 Å². The van der Waals surface area contributed by atoms with Crippen LogP contribution in [-0.2, 0) is 4.79 Å². The second-order valence-electron chi connectivity index (χ2n) is 6.56. The number of fused-ring (bicyclic) bond motifs is 1. The van der Waals surface area contributed by atoms with E-state index in [4.69, 9.17) is 9.47 Å². The normalized spacial score (nSPS) is 14.0. The number of ether oxygens (including phenoxy) is 2. The molecule has 0 radical (unpaired) electrons. The zero-order valence-electron chi connectivity index (χ0n) is 16.3. The summed E-state index contributed by atoms with van der Waals surface area (Å²) >= 11 is 0. The molecule has 1 aliphatic rings. The van der Waals surface area contributed by atoms with Crippen molar-refractivity contribution < 1.29 is 29.0 Å². The zero-order valence-corrected chi connectivity index (χ0v) is 16.3. The summed E-state index contributed by atoms with van der Waals surface area (Å²) in [5.41, 5.74) is 1.24. The SMILES string of the molecule is COc1ccc2[nH]cc(C(=O)N3CCN(C(=O)NCCC(=O)[O-])CC3)c2c1OC. The number of hydrogen-bond donors (Lipinski definition) is 2. The van der Waals surface area contributed by atoms with Crippen LogP contribution in [0, 0.1) is 0 Å². The number of aromatic amines is 1. The van der Waals surface area contributed by atoms with E-state index >= 15 is 0 Å². The highest BCUT2D eigenvalue weighted by molar-refractivity contribution is 6.09. The van der Waals surface area contributed by atoms with Gasteiger partial charge in [-0.3, -0.25) is 4.79 Å². The summed E-state index contributed by atoms with van der Waals surface area (Å²) in [6.07, 6.45) is 1.41. The average Bonchev–Trinajstić information content (AvgIpc) is 3.16. The fourth-order valence-corrected chi connectivity index (χ4v) is 3.37. The number of hydrogen-bond acceptors (Lipinski definition) is 6. The van der Waals surface area contributed by atoms with Crippen molar-refractivity contribution in [2.24, 2.45) is 0 Å². The second-order valence-corrected chi connectivity index (χ2v) is 6.56. The average molecular weight is 403 g/mol. The van der Waals surface area contributed by atoms with E-state index in [9.17, 15) is 19.5 Å². The van der Waals surface area contributed by atoms with Crippen molar-refractivity contribution in [3.8, 4) is 11.5 Å². The highest BCUT2D eigenvalue weighted by atomic mass is 16.5. The molecule has 2 heterocycles. The molecule has 1 fully saturated rings. The molecule has 0 unspecified atom stereocenters. The number of carbonyl (C=O) groups excluding carboxylic acids is 3. The molecule has 0 saturated carbocycles. The Labute approximate surface area is 167 Å². The fraction of sp³-hybridized carbons (Fsp3) is 0.421. The third kappa shape index (κ3) is 4.20. The van der Waals surface area contributed by atoms with Gasteiger partial charge in [-0.2, -0.15) is 0 Å². The van der Waals surface area contributed by atoms with Gasteiger partial charge < -0.3 is 39.5 Å². The first-order valence-electron chi connectivity index (χ1n) is 9.20.